The van der Waals surface area contributed by atoms with E-state index in [1.54, 1.807) is 42.5 Å². The summed E-state index contributed by atoms with van der Waals surface area (Å²) >= 11 is 5.88. The first-order chi connectivity index (χ1) is 12.9. The highest BCUT2D eigenvalue weighted by atomic mass is 35.5. The molecule has 0 saturated carbocycles. The van der Waals surface area contributed by atoms with Gasteiger partial charge in [0.1, 0.15) is 11.5 Å². The maximum Gasteiger partial charge on any atom is 0.276 e. The Morgan fingerprint density at radius 3 is 2.48 bits per heavy atom. The molecule has 2 aromatic carbocycles. The highest BCUT2D eigenvalue weighted by molar-refractivity contribution is 6.30. The van der Waals surface area contributed by atoms with Crippen LogP contribution in [0.15, 0.2) is 42.5 Å². The van der Waals surface area contributed by atoms with Crippen LogP contribution in [0.4, 0.5) is 0 Å². The fourth-order valence-corrected chi connectivity index (χ4v) is 2.41. The molecule has 2 rings (SSSR count). The van der Waals surface area contributed by atoms with Crippen LogP contribution in [0.3, 0.4) is 0 Å². The van der Waals surface area contributed by atoms with Crippen molar-refractivity contribution in [2.45, 2.75) is 20.8 Å². The molecule has 0 spiro atoms. The van der Waals surface area contributed by atoms with E-state index in [0.29, 0.717) is 34.6 Å². The smallest absolute Gasteiger partial charge is 0.276 e. The summed E-state index contributed by atoms with van der Waals surface area (Å²) in [6.07, 6.45) is 0. The Morgan fingerprint density at radius 1 is 1.04 bits per heavy atom. The quantitative estimate of drug-likeness (QED) is 0.709. The minimum Gasteiger partial charge on any atom is -0.492 e. The second-order valence-electron chi connectivity index (χ2n) is 6.40. The first-order valence-electron chi connectivity index (χ1n) is 8.56. The molecular formula is C20H23ClN2O4. The molecule has 0 unspecified atom stereocenters. The largest absolute Gasteiger partial charge is 0.492 e. The van der Waals surface area contributed by atoms with Gasteiger partial charge in [-0.05, 0) is 48.7 Å². The molecule has 0 fully saturated rings. The molecule has 0 aliphatic heterocycles. The average Bonchev–Trinajstić information content (AvgIpc) is 2.64. The Bertz CT molecular complexity index is 808. The maximum atomic E-state index is 12.3. The van der Waals surface area contributed by atoms with Gasteiger partial charge in [-0.25, -0.2) is 0 Å². The summed E-state index contributed by atoms with van der Waals surface area (Å²) in [4.78, 5) is 24.2. The lowest BCUT2D eigenvalue weighted by Crippen LogP contribution is -2.44. The van der Waals surface area contributed by atoms with Crippen molar-refractivity contribution in [3.8, 4) is 11.5 Å². The van der Waals surface area contributed by atoms with Crippen LogP contribution in [-0.2, 0) is 4.79 Å². The van der Waals surface area contributed by atoms with Gasteiger partial charge in [-0.2, -0.15) is 0 Å². The highest BCUT2D eigenvalue weighted by Crippen LogP contribution is 2.21. The molecule has 27 heavy (non-hydrogen) atoms. The van der Waals surface area contributed by atoms with Gasteiger partial charge in [-0.1, -0.05) is 37.6 Å². The van der Waals surface area contributed by atoms with Gasteiger partial charge in [0, 0.05) is 5.02 Å². The second kappa shape index (κ2) is 9.83. The monoisotopic (exact) mass is 390 g/mol. The lowest BCUT2D eigenvalue weighted by Gasteiger charge is -2.14. The number of hydrogen-bond acceptors (Lipinski definition) is 4. The number of hydrazine groups is 1. The maximum absolute atomic E-state index is 12.3. The lowest BCUT2D eigenvalue weighted by atomic mass is 10.2. The summed E-state index contributed by atoms with van der Waals surface area (Å²) < 4.78 is 11.1. The Labute approximate surface area is 163 Å². The van der Waals surface area contributed by atoms with E-state index in [4.69, 9.17) is 21.1 Å². The van der Waals surface area contributed by atoms with E-state index in [0.717, 1.165) is 5.56 Å². The standard InChI is InChI=1S/C20H23ClN2O4/c1-13(2)11-26-18-7-5-4-6-16(18)20(25)23-22-19(24)12-27-17-9-8-15(21)10-14(17)3/h4-10,13H,11-12H2,1-3H3,(H,22,24)(H,23,25). The Kier molecular flexibility index (Phi) is 7.49. The Balaban J connectivity index is 1.87. The van der Waals surface area contributed by atoms with Crippen molar-refractivity contribution in [2.75, 3.05) is 13.2 Å². The van der Waals surface area contributed by atoms with E-state index in [-0.39, 0.29) is 6.61 Å². The molecule has 0 heterocycles. The summed E-state index contributed by atoms with van der Waals surface area (Å²) in [5.41, 5.74) is 5.85. The van der Waals surface area contributed by atoms with Crippen molar-refractivity contribution in [1.29, 1.82) is 0 Å². The molecule has 0 saturated heterocycles. The van der Waals surface area contributed by atoms with Gasteiger partial charge in [-0.3, -0.25) is 20.4 Å². The molecule has 2 amide bonds. The van der Waals surface area contributed by atoms with Crippen molar-refractivity contribution >= 4 is 23.4 Å². The number of hydrogen-bond donors (Lipinski definition) is 2. The molecule has 0 bridgehead atoms. The van der Waals surface area contributed by atoms with Crippen LogP contribution in [0, 0.1) is 12.8 Å². The van der Waals surface area contributed by atoms with Gasteiger partial charge in [0.15, 0.2) is 6.61 Å². The minimum atomic E-state index is -0.488. The van der Waals surface area contributed by atoms with Crippen LogP contribution in [0.2, 0.25) is 5.02 Å². The van der Waals surface area contributed by atoms with Crippen molar-refractivity contribution in [3.05, 3.63) is 58.6 Å². The fraction of sp³-hybridized carbons (Fsp3) is 0.300. The predicted molar refractivity (Wildman–Crippen MR) is 104 cm³/mol. The Hall–Kier alpha value is -2.73. The molecule has 0 aliphatic carbocycles. The van der Waals surface area contributed by atoms with Gasteiger partial charge in [0.05, 0.1) is 12.2 Å². The molecule has 0 aliphatic rings. The normalized spacial score (nSPS) is 10.4. The summed E-state index contributed by atoms with van der Waals surface area (Å²) in [5.74, 6) is 0.386. The number of rotatable bonds is 7. The lowest BCUT2D eigenvalue weighted by molar-refractivity contribution is -0.123. The van der Waals surface area contributed by atoms with Gasteiger partial charge < -0.3 is 9.47 Å². The van der Waals surface area contributed by atoms with Crippen molar-refractivity contribution < 1.29 is 19.1 Å². The molecule has 144 valence electrons. The molecule has 2 N–H and O–H groups in total. The topological polar surface area (TPSA) is 76.7 Å². The predicted octanol–water partition coefficient (Wildman–Crippen LogP) is 3.52. The van der Waals surface area contributed by atoms with Crippen LogP contribution in [0.25, 0.3) is 0 Å². The van der Waals surface area contributed by atoms with Crippen LogP contribution in [0.5, 0.6) is 11.5 Å². The van der Waals surface area contributed by atoms with Crippen LogP contribution in [-0.4, -0.2) is 25.0 Å². The van der Waals surface area contributed by atoms with Crippen LogP contribution < -0.4 is 20.3 Å². The molecule has 0 atom stereocenters. The number of ether oxygens (including phenoxy) is 2. The summed E-state index contributed by atoms with van der Waals surface area (Å²) in [6, 6.07) is 12.0. The van der Waals surface area contributed by atoms with Gasteiger partial charge in [-0.15, -0.1) is 0 Å². The third kappa shape index (κ3) is 6.49. The van der Waals surface area contributed by atoms with Crippen LogP contribution >= 0.6 is 11.6 Å². The average molecular weight is 391 g/mol. The third-order valence-corrected chi connectivity index (χ3v) is 3.75. The molecule has 6 nitrogen and oxygen atoms in total. The summed E-state index contributed by atoms with van der Waals surface area (Å²) in [5, 5.41) is 0.593. The number of para-hydroxylation sites is 1. The Morgan fingerprint density at radius 2 is 1.78 bits per heavy atom. The number of carbonyl (C=O) groups is 2. The molecule has 0 radical (unpaired) electrons. The van der Waals surface area contributed by atoms with Crippen molar-refractivity contribution in [3.63, 3.8) is 0 Å². The first-order valence-corrected chi connectivity index (χ1v) is 8.94. The van der Waals surface area contributed by atoms with Gasteiger partial charge >= 0.3 is 0 Å². The number of nitrogens with one attached hydrogen (secondary N) is 2. The highest BCUT2D eigenvalue weighted by Gasteiger charge is 2.14. The fourth-order valence-electron chi connectivity index (χ4n) is 2.18. The van der Waals surface area contributed by atoms with E-state index in [9.17, 15) is 9.59 Å². The summed E-state index contributed by atoms with van der Waals surface area (Å²) in [7, 11) is 0. The third-order valence-electron chi connectivity index (χ3n) is 3.52. The van der Waals surface area contributed by atoms with E-state index >= 15 is 0 Å². The zero-order chi connectivity index (χ0) is 19.8. The molecule has 7 heteroatoms. The van der Waals surface area contributed by atoms with E-state index in [1.165, 1.54) is 0 Å². The van der Waals surface area contributed by atoms with E-state index < -0.39 is 11.8 Å². The van der Waals surface area contributed by atoms with Crippen LogP contribution in [0.1, 0.15) is 29.8 Å². The summed E-state index contributed by atoms with van der Waals surface area (Å²) in [6.45, 7) is 6.12. The molecule has 2 aromatic rings. The molecule has 0 aromatic heterocycles. The number of halogens is 1. The van der Waals surface area contributed by atoms with E-state index in [2.05, 4.69) is 10.9 Å². The second-order valence-corrected chi connectivity index (χ2v) is 6.84. The van der Waals surface area contributed by atoms with Crippen molar-refractivity contribution in [1.82, 2.24) is 10.9 Å². The first kappa shape index (κ1) is 20.6. The SMILES string of the molecule is Cc1cc(Cl)ccc1OCC(=O)NNC(=O)c1ccccc1OCC(C)C. The minimum absolute atomic E-state index is 0.242. The number of carbonyl (C=O) groups excluding carboxylic acids is 2. The van der Waals surface area contributed by atoms with Gasteiger partial charge in [0.25, 0.3) is 11.8 Å². The molecular weight excluding hydrogens is 368 g/mol. The van der Waals surface area contributed by atoms with Crippen molar-refractivity contribution in [2.24, 2.45) is 5.92 Å². The number of amides is 2. The zero-order valence-electron chi connectivity index (χ0n) is 15.5. The zero-order valence-corrected chi connectivity index (χ0v) is 16.3. The number of benzene rings is 2. The van der Waals surface area contributed by atoms with E-state index in [1.807, 2.05) is 20.8 Å². The van der Waals surface area contributed by atoms with Gasteiger partial charge in [0.2, 0.25) is 0 Å². The number of aryl methyl sites for hydroxylation is 1.